The summed E-state index contributed by atoms with van der Waals surface area (Å²) >= 11 is 5.65. The Morgan fingerprint density at radius 3 is 2.82 bits per heavy atom. The van der Waals surface area contributed by atoms with E-state index in [1.165, 1.54) is 0 Å². The molecule has 2 aromatic heterocycles. The molecule has 2 aromatic rings. The summed E-state index contributed by atoms with van der Waals surface area (Å²) in [7, 11) is 0. The number of aromatic nitrogens is 5. The molecule has 0 unspecified atom stereocenters. The van der Waals surface area contributed by atoms with E-state index in [4.69, 9.17) is 11.6 Å². The molecule has 0 aliphatic rings. The first kappa shape index (κ1) is 12.1. The molecule has 0 bridgehead atoms. The standard InChI is InChI=1S/C11H16ClN5/c1-9(2)17-6-4-11(14-17)8-16-7-10(3-5-12)13-15-16/h4,6-7,9H,3,5,8H2,1-2H3. The first-order valence-corrected chi connectivity index (χ1v) is 6.21. The summed E-state index contributed by atoms with van der Waals surface area (Å²) in [6.45, 7) is 4.85. The molecule has 0 spiro atoms. The van der Waals surface area contributed by atoms with Gasteiger partial charge in [-0.25, -0.2) is 4.68 Å². The van der Waals surface area contributed by atoms with Crippen LogP contribution in [-0.2, 0) is 13.0 Å². The van der Waals surface area contributed by atoms with Crippen molar-refractivity contribution in [3.05, 3.63) is 29.8 Å². The van der Waals surface area contributed by atoms with Crippen LogP contribution in [0.1, 0.15) is 31.3 Å². The smallest absolute Gasteiger partial charge is 0.0867 e. The van der Waals surface area contributed by atoms with Gasteiger partial charge in [-0.15, -0.1) is 16.7 Å². The molecule has 0 aliphatic carbocycles. The van der Waals surface area contributed by atoms with Crippen molar-refractivity contribution in [3.63, 3.8) is 0 Å². The van der Waals surface area contributed by atoms with Crippen molar-refractivity contribution < 1.29 is 0 Å². The Labute approximate surface area is 105 Å². The molecule has 0 N–H and O–H groups in total. The molecule has 92 valence electrons. The lowest BCUT2D eigenvalue weighted by atomic mass is 10.4. The predicted octanol–water partition coefficient (Wildman–Crippen LogP) is 1.89. The van der Waals surface area contributed by atoms with Crippen molar-refractivity contribution >= 4 is 11.6 Å². The lowest BCUT2D eigenvalue weighted by Gasteiger charge is -2.03. The normalized spacial score (nSPS) is 11.3. The van der Waals surface area contributed by atoms with Crippen LogP contribution in [0.4, 0.5) is 0 Å². The number of hydrogen-bond donors (Lipinski definition) is 0. The molecule has 0 amide bonds. The second-order valence-corrected chi connectivity index (χ2v) is 4.61. The van der Waals surface area contributed by atoms with E-state index in [9.17, 15) is 0 Å². The lowest BCUT2D eigenvalue weighted by Crippen LogP contribution is -2.05. The van der Waals surface area contributed by atoms with E-state index >= 15 is 0 Å². The minimum Gasteiger partial charge on any atom is -0.270 e. The minimum absolute atomic E-state index is 0.381. The van der Waals surface area contributed by atoms with Crippen molar-refractivity contribution in [2.24, 2.45) is 0 Å². The van der Waals surface area contributed by atoms with Gasteiger partial charge in [0.05, 0.1) is 17.9 Å². The van der Waals surface area contributed by atoms with Crippen LogP contribution in [0.5, 0.6) is 0 Å². The van der Waals surface area contributed by atoms with Gasteiger partial charge in [-0.1, -0.05) is 5.21 Å². The number of nitrogens with zero attached hydrogens (tertiary/aromatic N) is 5. The van der Waals surface area contributed by atoms with Gasteiger partial charge >= 0.3 is 0 Å². The van der Waals surface area contributed by atoms with Gasteiger partial charge in [0.15, 0.2) is 0 Å². The Bertz CT molecular complexity index is 474. The van der Waals surface area contributed by atoms with E-state index < -0.39 is 0 Å². The summed E-state index contributed by atoms with van der Waals surface area (Å²) in [5, 5.41) is 12.5. The van der Waals surface area contributed by atoms with E-state index in [-0.39, 0.29) is 0 Å². The Balaban J connectivity index is 2.03. The van der Waals surface area contributed by atoms with E-state index in [0.29, 0.717) is 18.5 Å². The highest BCUT2D eigenvalue weighted by Crippen LogP contribution is 2.06. The van der Waals surface area contributed by atoms with Gasteiger partial charge in [0.25, 0.3) is 0 Å². The predicted molar refractivity (Wildman–Crippen MR) is 66.2 cm³/mol. The van der Waals surface area contributed by atoms with Crippen LogP contribution in [0.2, 0.25) is 0 Å². The van der Waals surface area contributed by atoms with Gasteiger partial charge in [-0.2, -0.15) is 5.10 Å². The summed E-state index contributed by atoms with van der Waals surface area (Å²) < 4.78 is 3.72. The molecule has 0 fully saturated rings. The first-order chi connectivity index (χ1) is 8.19. The maximum Gasteiger partial charge on any atom is 0.0867 e. The van der Waals surface area contributed by atoms with E-state index in [0.717, 1.165) is 17.8 Å². The first-order valence-electron chi connectivity index (χ1n) is 5.68. The fourth-order valence-corrected chi connectivity index (χ4v) is 1.74. The Hall–Kier alpha value is -1.36. The molecular weight excluding hydrogens is 238 g/mol. The third-order valence-electron chi connectivity index (χ3n) is 2.45. The monoisotopic (exact) mass is 253 g/mol. The third kappa shape index (κ3) is 3.06. The molecule has 5 nitrogen and oxygen atoms in total. The van der Waals surface area contributed by atoms with Crippen LogP contribution in [0, 0.1) is 0 Å². The number of hydrogen-bond acceptors (Lipinski definition) is 3. The maximum absolute atomic E-state index is 5.65. The highest BCUT2D eigenvalue weighted by atomic mass is 35.5. The van der Waals surface area contributed by atoms with Gasteiger partial charge in [-0.05, 0) is 19.9 Å². The second kappa shape index (κ2) is 5.31. The quantitative estimate of drug-likeness (QED) is 0.765. The summed E-state index contributed by atoms with van der Waals surface area (Å²) in [5.41, 5.74) is 1.91. The number of aryl methyl sites for hydroxylation is 1. The van der Waals surface area contributed by atoms with Gasteiger partial charge in [0.1, 0.15) is 0 Å². The van der Waals surface area contributed by atoms with Crippen LogP contribution in [0.15, 0.2) is 18.5 Å². The minimum atomic E-state index is 0.381. The summed E-state index contributed by atoms with van der Waals surface area (Å²) in [4.78, 5) is 0. The zero-order valence-electron chi connectivity index (χ0n) is 10.0. The van der Waals surface area contributed by atoms with Crippen molar-refractivity contribution in [2.75, 3.05) is 5.88 Å². The SMILES string of the molecule is CC(C)n1ccc(Cn2cc(CCCl)nn2)n1. The zero-order valence-corrected chi connectivity index (χ0v) is 10.8. The van der Waals surface area contributed by atoms with Crippen LogP contribution in [0.3, 0.4) is 0 Å². The molecule has 0 aliphatic heterocycles. The summed E-state index contributed by atoms with van der Waals surface area (Å²) in [6, 6.07) is 2.38. The number of rotatable bonds is 5. The highest BCUT2D eigenvalue weighted by Gasteiger charge is 2.05. The topological polar surface area (TPSA) is 48.5 Å². The molecule has 0 atom stereocenters. The fraction of sp³-hybridized carbons (Fsp3) is 0.545. The van der Waals surface area contributed by atoms with Crippen molar-refractivity contribution in [1.29, 1.82) is 0 Å². The average molecular weight is 254 g/mol. The van der Waals surface area contributed by atoms with Gasteiger partial charge < -0.3 is 0 Å². The number of halogens is 1. The Morgan fingerprint density at radius 2 is 2.18 bits per heavy atom. The largest absolute Gasteiger partial charge is 0.270 e. The average Bonchev–Trinajstić information content (AvgIpc) is 2.89. The second-order valence-electron chi connectivity index (χ2n) is 4.23. The van der Waals surface area contributed by atoms with E-state index in [1.54, 1.807) is 4.68 Å². The zero-order chi connectivity index (χ0) is 12.3. The van der Waals surface area contributed by atoms with Crippen molar-refractivity contribution in [3.8, 4) is 0 Å². The highest BCUT2D eigenvalue weighted by molar-refractivity contribution is 6.17. The Kier molecular flexibility index (Phi) is 3.78. The lowest BCUT2D eigenvalue weighted by molar-refractivity contribution is 0.519. The van der Waals surface area contributed by atoms with Crippen LogP contribution in [0.25, 0.3) is 0 Å². The fourth-order valence-electron chi connectivity index (χ4n) is 1.54. The van der Waals surface area contributed by atoms with Gasteiger partial charge in [-0.3, -0.25) is 4.68 Å². The van der Waals surface area contributed by atoms with Crippen LogP contribution in [-0.4, -0.2) is 30.7 Å². The van der Waals surface area contributed by atoms with Crippen LogP contribution >= 0.6 is 11.6 Å². The van der Waals surface area contributed by atoms with E-state index in [2.05, 4.69) is 29.3 Å². The van der Waals surface area contributed by atoms with Gasteiger partial charge in [0, 0.05) is 30.7 Å². The van der Waals surface area contributed by atoms with Crippen molar-refractivity contribution in [1.82, 2.24) is 24.8 Å². The van der Waals surface area contributed by atoms with Crippen LogP contribution < -0.4 is 0 Å². The molecule has 0 aromatic carbocycles. The Morgan fingerprint density at radius 1 is 1.35 bits per heavy atom. The van der Waals surface area contributed by atoms with E-state index in [1.807, 2.05) is 23.1 Å². The molecule has 6 heteroatoms. The molecule has 17 heavy (non-hydrogen) atoms. The van der Waals surface area contributed by atoms with Crippen molar-refractivity contribution in [2.45, 2.75) is 32.9 Å². The number of alkyl halides is 1. The molecular formula is C11H16ClN5. The maximum atomic E-state index is 5.65. The molecule has 0 radical (unpaired) electrons. The molecule has 2 heterocycles. The molecule has 0 saturated carbocycles. The summed E-state index contributed by atoms with van der Waals surface area (Å²) in [5.74, 6) is 0.570. The summed E-state index contributed by atoms with van der Waals surface area (Å²) in [6.07, 6.45) is 4.65. The molecule has 2 rings (SSSR count). The third-order valence-corrected chi connectivity index (χ3v) is 2.64. The molecule has 0 saturated heterocycles. The van der Waals surface area contributed by atoms with Gasteiger partial charge in [0.2, 0.25) is 0 Å².